The lowest BCUT2D eigenvalue weighted by Crippen LogP contribution is -2.51. The van der Waals surface area contributed by atoms with Gasteiger partial charge in [0, 0.05) is 50.9 Å². The number of anilines is 1. The van der Waals surface area contributed by atoms with Gasteiger partial charge in [-0.1, -0.05) is 30.3 Å². The molecule has 0 unspecified atom stereocenters. The highest BCUT2D eigenvalue weighted by Gasteiger charge is 2.28. The quantitative estimate of drug-likeness (QED) is 0.324. The lowest BCUT2D eigenvalue weighted by Gasteiger charge is -2.36. The van der Waals surface area contributed by atoms with Crippen LogP contribution in [0, 0.1) is 17.7 Å². The van der Waals surface area contributed by atoms with Crippen molar-refractivity contribution in [2.45, 2.75) is 45.3 Å². The van der Waals surface area contributed by atoms with Gasteiger partial charge in [-0.3, -0.25) is 23.5 Å². The van der Waals surface area contributed by atoms with Crippen LogP contribution in [0.1, 0.15) is 31.2 Å². The molecule has 0 spiro atoms. The molecule has 2 amide bonds. The van der Waals surface area contributed by atoms with Crippen molar-refractivity contribution in [3.05, 3.63) is 98.3 Å². The van der Waals surface area contributed by atoms with Crippen molar-refractivity contribution in [1.82, 2.24) is 19.4 Å². The highest BCUT2D eigenvalue weighted by Crippen LogP contribution is 2.30. The summed E-state index contributed by atoms with van der Waals surface area (Å²) < 4.78 is 16.5. The zero-order valence-corrected chi connectivity index (χ0v) is 25.3. The molecule has 0 atom stereocenters. The maximum absolute atomic E-state index is 13.7. The Kier molecular flexibility index (Phi) is 8.92. The number of aromatic nitrogens is 2. The van der Waals surface area contributed by atoms with Crippen LogP contribution in [0.15, 0.2) is 75.6 Å². The van der Waals surface area contributed by atoms with Crippen LogP contribution in [0.5, 0.6) is 0 Å². The maximum Gasteiger partial charge on any atom is 0.332 e. The Labute approximate surface area is 258 Å². The first-order valence-corrected chi connectivity index (χ1v) is 16.1. The second-order valence-corrected chi connectivity index (χ2v) is 12.6. The number of fused-ring (bicyclic) bond motifs is 1. The Morgan fingerprint density at radius 3 is 2.27 bits per heavy atom. The summed E-state index contributed by atoms with van der Waals surface area (Å²) >= 11 is 1.28. The van der Waals surface area contributed by atoms with E-state index in [1.165, 1.54) is 32.6 Å². The maximum atomic E-state index is 13.7. The minimum absolute atomic E-state index is 0.0452. The number of halogens is 1. The Hall–Kier alpha value is -4.25. The zero-order valence-electron chi connectivity index (χ0n) is 24.5. The number of carbonyl (C=O) groups is 2. The Bertz CT molecular complexity index is 1730. The van der Waals surface area contributed by atoms with Crippen molar-refractivity contribution in [3.8, 4) is 0 Å². The number of benzene rings is 2. The standard InChI is InChI=1S/C33H36FN5O4S/c34-26-10-12-27(13-11-26)36-15-17-37(18-16-36)29(40)22-38-28-14-19-44-30(28)32(42)39(33(38)43)21-24-6-8-25(9-7-24)31(41)35-20-23-4-2-1-3-5-23/h1-5,10-14,19,24-25H,6-9,15-18,20-22H2,(H,35,41). The molecule has 1 aliphatic heterocycles. The third-order valence-corrected chi connectivity index (χ3v) is 9.81. The largest absolute Gasteiger partial charge is 0.368 e. The number of piperazine rings is 1. The van der Waals surface area contributed by atoms with Gasteiger partial charge in [-0.2, -0.15) is 0 Å². The van der Waals surface area contributed by atoms with Crippen LogP contribution in [0.3, 0.4) is 0 Å². The molecular weight excluding hydrogens is 581 g/mol. The van der Waals surface area contributed by atoms with Gasteiger partial charge in [0.05, 0.1) is 5.52 Å². The van der Waals surface area contributed by atoms with Crippen molar-refractivity contribution >= 4 is 39.1 Å². The van der Waals surface area contributed by atoms with Crippen molar-refractivity contribution in [1.29, 1.82) is 0 Å². The summed E-state index contributed by atoms with van der Waals surface area (Å²) in [6, 6.07) is 17.9. The predicted octanol–water partition coefficient (Wildman–Crippen LogP) is 3.84. The van der Waals surface area contributed by atoms with E-state index < -0.39 is 5.69 Å². The zero-order chi connectivity index (χ0) is 30.6. The summed E-state index contributed by atoms with van der Waals surface area (Å²) in [5.41, 5.74) is 1.66. The van der Waals surface area contributed by atoms with Crippen LogP contribution >= 0.6 is 11.3 Å². The predicted molar refractivity (Wildman–Crippen MR) is 169 cm³/mol. The van der Waals surface area contributed by atoms with E-state index in [-0.39, 0.29) is 48.1 Å². The average Bonchev–Trinajstić information content (AvgIpc) is 3.55. The van der Waals surface area contributed by atoms with Gasteiger partial charge in [0.15, 0.2) is 0 Å². The average molecular weight is 618 g/mol. The summed E-state index contributed by atoms with van der Waals surface area (Å²) in [6.45, 7) is 2.81. The lowest BCUT2D eigenvalue weighted by atomic mass is 9.81. The molecule has 44 heavy (non-hydrogen) atoms. The molecule has 1 saturated heterocycles. The summed E-state index contributed by atoms with van der Waals surface area (Å²) in [6.07, 6.45) is 2.90. The molecule has 2 fully saturated rings. The van der Waals surface area contributed by atoms with Gasteiger partial charge < -0.3 is 15.1 Å². The van der Waals surface area contributed by atoms with E-state index in [1.807, 2.05) is 30.3 Å². The van der Waals surface area contributed by atoms with Gasteiger partial charge in [0.1, 0.15) is 17.1 Å². The molecule has 2 aromatic carbocycles. The van der Waals surface area contributed by atoms with Gasteiger partial charge in [-0.25, -0.2) is 9.18 Å². The minimum Gasteiger partial charge on any atom is -0.368 e. The molecule has 3 heterocycles. The molecule has 4 aromatic rings. The summed E-state index contributed by atoms with van der Waals surface area (Å²) in [5.74, 6) is -0.401. The SMILES string of the molecule is O=C(NCc1ccccc1)C1CCC(Cn2c(=O)c3sccc3n(CC(=O)N3CCN(c4ccc(F)cc4)CC3)c2=O)CC1. The molecule has 1 N–H and O–H groups in total. The molecular formula is C33H36FN5O4S. The fourth-order valence-electron chi connectivity index (χ4n) is 6.34. The minimum atomic E-state index is -0.470. The molecule has 11 heteroatoms. The second-order valence-electron chi connectivity index (χ2n) is 11.7. The summed E-state index contributed by atoms with van der Waals surface area (Å²) in [4.78, 5) is 57.1. The number of rotatable bonds is 8. The molecule has 1 saturated carbocycles. The molecule has 0 bridgehead atoms. The normalized spacial score (nSPS) is 18.8. The van der Waals surface area contributed by atoms with E-state index in [2.05, 4.69) is 10.2 Å². The third-order valence-electron chi connectivity index (χ3n) is 8.92. The van der Waals surface area contributed by atoms with Gasteiger partial charge in [0.2, 0.25) is 11.8 Å². The Morgan fingerprint density at radius 2 is 1.57 bits per heavy atom. The number of carbonyl (C=O) groups excluding carboxylic acids is 2. The number of nitrogens with zero attached hydrogens (tertiary/aromatic N) is 4. The first-order valence-electron chi connectivity index (χ1n) is 15.2. The van der Waals surface area contributed by atoms with E-state index in [1.54, 1.807) is 28.5 Å². The van der Waals surface area contributed by atoms with Gasteiger partial charge in [-0.05, 0) is 72.9 Å². The third kappa shape index (κ3) is 6.47. The number of hydrogen-bond acceptors (Lipinski definition) is 6. The molecule has 0 radical (unpaired) electrons. The molecule has 2 aromatic heterocycles. The Balaban J connectivity index is 1.09. The van der Waals surface area contributed by atoms with Crippen LogP contribution in [-0.4, -0.2) is 52.0 Å². The summed E-state index contributed by atoms with van der Waals surface area (Å²) in [5, 5.41) is 4.81. The summed E-state index contributed by atoms with van der Waals surface area (Å²) in [7, 11) is 0. The van der Waals surface area contributed by atoms with Crippen LogP contribution in [0.25, 0.3) is 10.2 Å². The number of amides is 2. The van der Waals surface area contributed by atoms with E-state index in [9.17, 15) is 23.6 Å². The van der Waals surface area contributed by atoms with Crippen molar-refractivity contribution in [2.24, 2.45) is 11.8 Å². The lowest BCUT2D eigenvalue weighted by molar-refractivity contribution is -0.132. The fraction of sp³-hybridized carbons (Fsp3) is 0.394. The molecule has 9 nitrogen and oxygen atoms in total. The van der Waals surface area contributed by atoms with Gasteiger partial charge in [0.25, 0.3) is 5.56 Å². The fourth-order valence-corrected chi connectivity index (χ4v) is 7.19. The van der Waals surface area contributed by atoms with Crippen LogP contribution in [0.2, 0.25) is 0 Å². The molecule has 230 valence electrons. The van der Waals surface area contributed by atoms with E-state index in [0.717, 1.165) is 24.1 Å². The highest BCUT2D eigenvalue weighted by molar-refractivity contribution is 7.17. The first-order chi connectivity index (χ1) is 21.4. The molecule has 2 aliphatic rings. The van der Waals surface area contributed by atoms with Crippen molar-refractivity contribution < 1.29 is 14.0 Å². The first kappa shape index (κ1) is 29.8. The smallest absolute Gasteiger partial charge is 0.332 e. The molecule has 6 rings (SSSR count). The van der Waals surface area contributed by atoms with E-state index in [4.69, 9.17) is 0 Å². The van der Waals surface area contributed by atoms with E-state index >= 15 is 0 Å². The van der Waals surface area contributed by atoms with E-state index in [0.29, 0.717) is 55.8 Å². The topological polar surface area (TPSA) is 96.6 Å². The monoisotopic (exact) mass is 617 g/mol. The molecule has 1 aliphatic carbocycles. The highest BCUT2D eigenvalue weighted by atomic mass is 32.1. The van der Waals surface area contributed by atoms with Crippen molar-refractivity contribution in [3.63, 3.8) is 0 Å². The number of nitrogens with one attached hydrogen (secondary N) is 1. The van der Waals surface area contributed by atoms with Crippen LogP contribution in [0.4, 0.5) is 10.1 Å². The van der Waals surface area contributed by atoms with Crippen LogP contribution < -0.4 is 21.5 Å². The van der Waals surface area contributed by atoms with Gasteiger partial charge >= 0.3 is 5.69 Å². The van der Waals surface area contributed by atoms with Crippen LogP contribution in [-0.2, 0) is 29.2 Å². The number of hydrogen-bond donors (Lipinski definition) is 1. The number of thiophene rings is 1. The second kappa shape index (κ2) is 13.2. The van der Waals surface area contributed by atoms with Crippen molar-refractivity contribution in [2.75, 3.05) is 31.1 Å². The van der Waals surface area contributed by atoms with Gasteiger partial charge in [-0.15, -0.1) is 11.3 Å². The Morgan fingerprint density at radius 1 is 0.864 bits per heavy atom.